The Morgan fingerprint density at radius 3 is 2.34 bits per heavy atom. The van der Waals surface area contributed by atoms with E-state index in [2.05, 4.69) is 20.8 Å². The number of carbonyl (C=O) groups excluding carboxylic acids is 1. The first-order valence-electron chi connectivity index (χ1n) is 11.6. The molecule has 0 unspecified atom stereocenters. The number of aromatic nitrogens is 3. The number of para-hydroxylation sites is 1. The Morgan fingerprint density at radius 1 is 1.00 bits per heavy atom. The lowest BCUT2D eigenvalue weighted by Crippen LogP contribution is -2.16. The highest BCUT2D eigenvalue weighted by Gasteiger charge is 2.30. The van der Waals surface area contributed by atoms with Crippen molar-refractivity contribution in [3.8, 4) is 11.4 Å². The lowest BCUT2D eigenvalue weighted by atomic mass is 10.1. The molecule has 0 fully saturated rings. The number of nitrogens with zero attached hydrogens (tertiary/aromatic N) is 3. The van der Waals surface area contributed by atoms with Gasteiger partial charge in [-0.25, -0.2) is 0 Å². The highest BCUT2D eigenvalue weighted by molar-refractivity contribution is 7.99. The number of benzene rings is 3. The van der Waals surface area contributed by atoms with E-state index in [1.54, 1.807) is 29.9 Å². The molecule has 1 amide bonds. The van der Waals surface area contributed by atoms with E-state index in [4.69, 9.17) is 4.74 Å². The van der Waals surface area contributed by atoms with Crippen LogP contribution in [0, 0.1) is 13.8 Å². The zero-order chi connectivity index (χ0) is 27.3. The van der Waals surface area contributed by atoms with Gasteiger partial charge in [-0.05, 0) is 67.4 Å². The Hall–Kier alpha value is -3.99. The molecular formula is C27H26F3N5O2S. The van der Waals surface area contributed by atoms with Gasteiger partial charge in [0, 0.05) is 17.1 Å². The molecule has 11 heteroatoms. The molecule has 0 saturated carbocycles. The summed E-state index contributed by atoms with van der Waals surface area (Å²) in [4.78, 5) is 12.7. The van der Waals surface area contributed by atoms with Crippen LogP contribution in [0.25, 0.3) is 5.69 Å². The van der Waals surface area contributed by atoms with Gasteiger partial charge in [0.15, 0.2) is 11.0 Å². The summed E-state index contributed by atoms with van der Waals surface area (Å²) < 4.78 is 46.3. The molecule has 0 atom stereocenters. The number of rotatable bonds is 9. The number of hydrogen-bond donors (Lipinski definition) is 2. The molecule has 1 aromatic heterocycles. The zero-order valence-electron chi connectivity index (χ0n) is 21.0. The lowest BCUT2D eigenvalue weighted by molar-refractivity contribution is -0.137. The van der Waals surface area contributed by atoms with E-state index in [1.165, 1.54) is 17.8 Å². The molecule has 7 nitrogen and oxygen atoms in total. The molecule has 2 N–H and O–H groups in total. The predicted octanol–water partition coefficient (Wildman–Crippen LogP) is 6.25. The molecule has 0 spiro atoms. The molecule has 0 aliphatic rings. The number of amides is 1. The fraction of sp³-hybridized carbons (Fsp3) is 0.222. The summed E-state index contributed by atoms with van der Waals surface area (Å²) in [6, 6.07) is 17.9. The minimum absolute atomic E-state index is 0.0864. The second-order valence-corrected chi connectivity index (χ2v) is 9.41. The molecule has 4 aromatic rings. The number of ether oxygens (including phenoxy) is 1. The highest BCUT2D eigenvalue weighted by Crippen LogP contribution is 2.31. The molecule has 38 heavy (non-hydrogen) atoms. The average molecular weight is 542 g/mol. The van der Waals surface area contributed by atoms with Gasteiger partial charge in [0.1, 0.15) is 5.75 Å². The zero-order valence-corrected chi connectivity index (χ0v) is 21.8. The number of anilines is 2. The second-order valence-electron chi connectivity index (χ2n) is 8.47. The van der Waals surface area contributed by atoms with Gasteiger partial charge in [0.05, 0.1) is 25.0 Å². The minimum Gasteiger partial charge on any atom is -0.497 e. The molecule has 0 aliphatic carbocycles. The summed E-state index contributed by atoms with van der Waals surface area (Å²) in [6.07, 6.45) is -4.44. The van der Waals surface area contributed by atoms with Crippen molar-refractivity contribution in [1.29, 1.82) is 0 Å². The Bertz CT molecular complexity index is 1400. The van der Waals surface area contributed by atoms with Gasteiger partial charge in [-0.3, -0.25) is 9.36 Å². The average Bonchev–Trinajstić information content (AvgIpc) is 3.31. The summed E-state index contributed by atoms with van der Waals surface area (Å²) in [5, 5.41) is 14.9. The van der Waals surface area contributed by atoms with Crippen molar-refractivity contribution in [3.63, 3.8) is 0 Å². The summed E-state index contributed by atoms with van der Waals surface area (Å²) in [6.45, 7) is 3.97. The summed E-state index contributed by atoms with van der Waals surface area (Å²) >= 11 is 1.21. The van der Waals surface area contributed by atoms with E-state index in [1.807, 2.05) is 44.2 Å². The van der Waals surface area contributed by atoms with Crippen molar-refractivity contribution in [2.24, 2.45) is 0 Å². The van der Waals surface area contributed by atoms with Crippen LogP contribution in [0.2, 0.25) is 0 Å². The Kier molecular flexibility index (Phi) is 8.26. The second kappa shape index (κ2) is 11.6. The van der Waals surface area contributed by atoms with E-state index in [-0.39, 0.29) is 18.2 Å². The molecule has 1 heterocycles. The SMILES string of the molecule is COc1ccc(-n2c(CNc3cccc(C(F)(F)F)c3)nnc2SCC(=O)Nc2c(C)cccc2C)cc1. The van der Waals surface area contributed by atoms with Gasteiger partial charge in [0.25, 0.3) is 0 Å². The first-order chi connectivity index (χ1) is 18.2. The monoisotopic (exact) mass is 541 g/mol. The van der Waals surface area contributed by atoms with Crippen LogP contribution in [-0.4, -0.2) is 33.5 Å². The van der Waals surface area contributed by atoms with E-state index in [0.717, 1.165) is 28.9 Å². The quantitative estimate of drug-likeness (QED) is 0.244. The fourth-order valence-corrected chi connectivity index (χ4v) is 4.57. The van der Waals surface area contributed by atoms with Crippen LogP contribution in [0.15, 0.2) is 71.9 Å². The molecule has 198 valence electrons. The number of nitrogens with one attached hydrogen (secondary N) is 2. The van der Waals surface area contributed by atoms with Crippen molar-refractivity contribution >= 4 is 29.0 Å². The van der Waals surface area contributed by atoms with Crippen molar-refractivity contribution in [2.75, 3.05) is 23.5 Å². The maximum Gasteiger partial charge on any atom is 0.416 e. The molecule has 0 bridgehead atoms. The smallest absolute Gasteiger partial charge is 0.416 e. The van der Waals surface area contributed by atoms with Crippen LogP contribution in [0.4, 0.5) is 24.5 Å². The third-order valence-corrected chi connectivity index (χ3v) is 6.68. The van der Waals surface area contributed by atoms with Crippen molar-refractivity contribution in [1.82, 2.24) is 14.8 Å². The van der Waals surface area contributed by atoms with Gasteiger partial charge in [-0.15, -0.1) is 10.2 Å². The standard InChI is InChI=1S/C27H26F3N5O2S/c1-17-6-4-7-18(2)25(17)32-24(36)16-38-26-34-33-23(35(26)21-10-12-22(37-3)13-11-21)15-31-20-9-5-8-19(14-20)27(28,29)30/h4-14,31H,15-16H2,1-3H3,(H,32,36). The van der Waals surface area contributed by atoms with E-state index < -0.39 is 11.7 Å². The highest BCUT2D eigenvalue weighted by atomic mass is 32.2. The molecular weight excluding hydrogens is 515 g/mol. The van der Waals surface area contributed by atoms with Crippen LogP contribution in [0.1, 0.15) is 22.5 Å². The normalized spacial score (nSPS) is 11.3. The van der Waals surface area contributed by atoms with Crippen LogP contribution in [0.5, 0.6) is 5.75 Å². The van der Waals surface area contributed by atoms with E-state index in [9.17, 15) is 18.0 Å². The van der Waals surface area contributed by atoms with Crippen LogP contribution in [0.3, 0.4) is 0 Å². The lowest BCUT2D eigenvalue weighted by Gasteiger charge is -2.14. The number of thioether (sulfide) groups is 1. The first-order valence-corrected chi connectivity index (χ1v) is 12.6. The number of aryl methyl sites for hydroxylation is 2. The van der Waals surface area contributed by atoms with Crippen LogP contribution < -0.4 is 15.4 Å². The van der Waals surface area contributed by atoms with E-state index in [0.29, 0.717) is 28.1 Å². The van der Waals surface area contributed by atoms with Crippen LogP contribution in [-0.2, 0) is 17.5 Å². The van der Waals surface area contributed by atoms with Gasteiger partial charge < -0.3 is 15.4 Å². The Labute approximate surface area is 222 Å². The Morgan fingerprint density at radius 2 is 1.68 bits per heavy atom. The minimum atomic E-state index is -4.44. The summed E-state index contributed by atoms with van der Waals surface area (Å²) in [7, 11) is 1.56. The van der Waals surface area contributed by atoms with Gasteiger partial charge >= 0.3 is 6.18 Å². The molecule has 0 radical (unpaired) electrons. The third-order valence-electron chi connectivity index (χ3n) is 5.75. The topological polar surface area (TPSA) is 81.1 Å². The predicted molar refractivity (Wildman–Crippen MR) is 142 cm³/mol. The number of halogens is 3. The maximum absolute atomic E-state index is 13.1. The van der Waals surface area contributed by atoms with Crippen LogP contribution >= 0.6 is 11.8 Å². The van der Waals surface area contributed by atoms with Crippen molar-refractivity contribution in [3.05, 3.63) is 89.2 Å². The first kappa shape index (κ1) is 27.1. The number of methoxy groups -OCH3 is 1. The third kappa shape index (κ3) is 6.46. The maximum atomic E-state index is 13.1. The van der Waals surface area contributed by atoms with Gasteiger partial charge in [0.2, 0.25) is 5.91 Å². The molecule has 0 saturated heterocycles. The van der Waals surface area contributed by atoms with Gasteiger partial charge in [-0.2, -0.15) is 13.2 Å². The molecule has 0 aliphatic heterocycles. The number of hydrogen-bond acceptors (Lipinski definition) is 6. The van der Waals surface area contributed by atoms with Crippen molar-refractivity contribution < 1.29 is 22.7 Å². The van der Waals surface area contributed by atoms with Crippen molar-refractivity contribution in [2.45, 2.75) is 31.7 Å². The molecule has 3 aromatic carbocycles. The summed E-state index contributed by atoms with van der Waals surface area (Å²) in [5.41, 5.74) is 2.98. The number of carbonyl (C=O) groups is 1. The summed E-state index contributed by atoms with van der Waals surface area (Å²) in [5.74, 6) is 1.02. The largest absolute Gasteiger partial charge is 0.497 e. The number of alkyl halides is 3. The van der Waals surface area contributed by atoms with E-state index >= 15 is 0 Å². The molecule has 4 rings (SSSR count). The van der Waals surface area contributed by atoms with Gasteiger partial charge in [-0.1, -0.05) is 36.0 Å². The fourth-order valence-electron chi connectivity index (χ4n) is 3.80. The Balaban J connectivity index is 1.55.